The Bertz CT molecular complexity index is 932. The molecule has 0 bridgehead atoms. The van der Waals surface area contributed by atoms with Gasteiger partial charge in [-0.15, -0.1) is 0 Å². The number of rotatable bonds is 8. The van der Waals surface area contributed by atoms with Crippen LogP contribution in [-0.2, 0) is 0 Å². The Balaban J connectivity index is 1.84. The summed E-state index contributed by atoms with van der Waals surface area (Å²) in [4.78, 5) is 12.9. The normalized spacial score (nSPS) is 11.9. The van der Waals surface area contributed by atoms with Crippen LogP contribution in [-0.4, -0.2) is 12.9 Å². The average molecular weight is 408 g/mol. The van der Waals surface area contributed by atoms with E-state index < -0.39 is 0 Å². The van der Waals surface area contributed by atoms with Crippen molar-refractivity contribution in [1.29, 1.82) is 0 Å². The summed E-state index contributed by atoms with van der Waals surface area (Å²) in [6, 6.07) is 23.1. The van der Waals surface area contributed by atoms with Crippen molar-refractivity contribution in [1.82, 2.24) is 0 Å². The molecule has 0 aromatic heterocycles. The molecule has 0 radical (unpaired) electrons. The molecule has 0 aliphatic heterocycles. The van der Waals surface area contributed by atoms with Gasteiger partial charge in [0.15, 0.2) is 5.78 Å². The number of carbonyl (C=O) groups excluding carboxylic acids is 1. The monoisotopic (exact) mass is 407 g/mol. The van der Waals surface area contributed by atoms with E-state index in [1.54, 1.807) is 7.11 Å². The summed E-state index contributed by atoms with van der Waals surface area (Å²) in [6.07, 6.45) is 0.343. The number of hydrogen-bond donors (Lipinski definition) is 1. The Labute approximate surface area is 177 Å². The van der Waals surface area contributed by atoms with Crippen LogP contribution < -0.4 is 10.1 Å². The second-order valence-corrected chi connectivity index (χ2v) is 7.82. The molecule has 29 heavy (non-hydrogen) atoms. The lowest BCUT2D eigenvalue weighted by Gasteiger charge is -2.21. The molecule has 0 aliphatic rings. The largest absolute Gasteiger partial charge is 0.497 e. The molecule has 0 heterocycles. The van der Waals surface area contributed by atoms with Crippen LogP contribution in [0.15, 0.2) is 72.8 Å². The molecular weight excluding hydrogens is 382 g/mol. The maximum absolute atomic E-state index is 12.9. The smallest absolute Gasteiger partial charge is 0.165 e. The maximum atomic E-state index is 12.9. The standard InChI is InChI=1S/C25H26ClNO2/c1-17(2)18-4-6-19(7-5-18)24(27-22-12-10-21(26)11-13-22)16-25(28)20-8-14-23(29-3)15-9-20/h4-15,17,24,27H,16H2,1-3H3. The van der Waals surface area contributed by atoms with Gasteiger partial charge in [-0.1, -0.05) is 49.7 Å². The fourth-order valence-electron chi connectivity index (χ4n) is 3.19. The molecule has 3 aromatic rings. The van der Waals surface area contributed by atoms with E-state index in [1.165, 1.54) is 5.56 Å². The van der Waals surface area contributed by atoms with Crippen LogP contribution in [0.25, 0.3) is 0 Å². The number of nitrogens with one attached hydrogen (secondary N) is 1. The highest BCUT2D eigenvalue weighted by molar-refractivity contribution is 6.30. The molecule has 0 aliphatic carbocycles. The van der Waals surface area contributed by atoms with Crippen LogP contribution in [0.4, 0.5) is 5.69 Å². The summed E-state index contributed by atoms with van der Waals surface area (Å²) >= 11 is 6.01. The van der Waals surface area contributed by atoms with Crippen LogP contribution in [0.5, 0.6) is 5.75 Å². The van der Waals surface area contributed by atoms with Gasteiger partial charge in [0, 0.05) is 22.7 Å². The van der Waals surface area contributed by atoms with E-state index in [-0.39, 0.29) is 11.8 Å². The fourth-order valence-corrected chi connectivity index (χ4v) is 3.32. The van der Waals surface area contributed by atoms with Crippen LogP contribution >= 0.6 is 11.6 Å². The van der Waals surface area contributed by atoms with Gasteiger partial charge in [0.05, 0.1) is 13.2 Å². The summed E-state index contributed by atoms with van der Waals surface area (Å²) in [5.74, 6) is 1.28. The van der Waals surface area contributed by atoms with E-state index >= 15 is 0 Å². The van der Waals surface area contributed by atoms with Crippen molar-refractivity contribution >= 4 is 23.1 Å². The number of hydrogen-bond acceptors (Lipinski definition) is 3. The summed E-state index contributed by atoms with van der Waals surface area (Å²) in [6.45, 7) is 4.34. The van der Waals surface area contributed by atoms with Gasteiger partial charge in [-0.3, -0.25) is 4.79 Å². The van der Waals surface area contributed by atoms with Crippen LogP contribution in [0.1, 0.15) is 53.7 Å². The van der Waals surface area contributed by atoms with Crippen molar-refractivity contribution in [3.63, 3.8) is 0 Å². The Morgan fingerprint density at radius 3 is 2.03 bits per heavy atom. The molecule has 0 saturated heterocycles. The lowest BCUT2D eigenvalue weighted by Crippen LogP contribution is -2.16. The summed E-state index contributed by atoms with van der Waals surface area (Å²) in [7, 11) is 1.61. The molecule has 0 saturated carbocycles. The zero-order chi connectivity index (χ0) is 20.8. The Kier molecular flexibility index (Phi) is 6.95. The first-order valence-electron chi connectivity index (χ1n) is 9.75. The third kappa shape index (κ3) is 5.61. The van der Waals surface area contributed by atoms with Gasteiger partial charge in [0.25, 0.3) is 0 Å². The summed E-state index contributed by atoms with van der Waals surface area (Å²) in [5.41, 5.74) is 3.95. The zero-order valence-corrected chi connectivity index (χ0v) is 17.7. The quantitative estimate of drug-likeness (QED) is 0.413. The number of halogens is 1. The van der Waals surface area contributed by atoms with Crippen molar-refractivity contribution in [2.45, 2.75) is 32.2 Å². The number of anilines is 1. The predicted molar refractivity (Wildman–Crippen MR) is 120 cm³/mol. The van der Waals surface area contributed by atoms with Crippen molar-refractivity contribution in [2.24, 2.45) is 0 Å². The maximum Gasteiger partial charge on any atom is 0.165 e. The van der Waals surface area contributed by atoms with Crippen LogP contribution in [0, 0.1) is 0 Å². The predicted octanol–water partition coefficient (Wildman–Crippen LogP) is 6.90. The molecule has 0 fully saturated rings. The molecule has 150 valence electrons. The van der Waals surface area contributed by atoms with Crippen molar-refractivity contribution in [2.75, 3.05) is 12.4 Å². The topological polar surface area (TPSA) is 38.3 Å². The number of ketones is 1. The highest BCUT2D eigenvalue weighted by Gasteiger charge is 2.18. The first-order valence-corrected chi connectivity index (χ1v) is 10.1. The molecular formula is C25H26ClNO2. The van der Waals surface area contributed by atoms with Gasteiger partial charge in [0.1, 0.15) is 5.75 Å². The van der Waals surface area contributed by atoms with E-state index in [2.05, 4.69) is 43.4 Å². The highest BCUT2D eigenvalue weighted by atomic mass is 35.5. The summed E-state index contributed by atoms with van der Waals surface area (Å²) < 4.78 is 5.18. The van der Waals surface area contributed by atoms with Gasteiger partial charge in [-0.25, -0.2) is 0 Å². The van der Waals surface area contributed by atoms with Gasteiger partial charge in [0.2, 0.25) is 0 Å². The minimum absolute atomic E-state index is 0.0760. The second kappa shape index (κ2) is 9.62. The molecule has 0 spiro atoms. The number of carbonyl (C=O) groups is 1. The number of methoxy groups -OCH3 is 1. The van der Waals surface area contributed by atoms with E-state index in [0.29, 0.717) is 22.9 Å². The number of Topliss-reactive ketones (excluding diaryl/α,β-unsaturated/α-hetero) is 1. The van der Waals surface area contributed by atoms with Crippen molar-refractivity contribution in [3.05, 3.63) is 94.5 Å². The van der Waals surface area contributed by atoms with Crippen molar-refractivity contribution in [3.8, 4) is 5.75 Å². The molecule has 3 aromatic carbocycles. The Hall–Kier alpha value is -2.78. The van der Waals surface area contributed by atoms with E-state index in [4.69, 9.17) is 16.3 Å². The lowest BCUT2D eigenvalue weighted by atomic mass is 9.95. The van der Waals surface area contributed by atoms with Gasteiger partial charge in [-0.05, 0) is 65.6 Å². The van der Waals surface area contributed by atoms with E-state index in [1.807, 2.05) is 48.5 Å². The minimum atomic E-state index is -0.146. The lowest BCUT2D eigenvalue weighted by molar-refractivity contribution is 0.0976. The number of benzene rings is 3. The third-order valence-electron chi connectivity index (χ3n) is 4.99. The Morgan fingerprint density at radius 2 is 1.48 bits per heavy atom. The first-order chi connectivity index (χ1) is 14.0. The molecule has 4 heteroatoms. The summed E-state index contributed by atoms with van der Waals surface area (Å²) in [5, 5.41) is 4.17. The molecule has 3 nitrogen and oxygen atoms in total. The molecule has 3 rings (SSSR count). The molecule has 0 amide bonds. The highest BCUT2D eigenvalue weighted by Crippen LogP contribution is 2.27. The van der Waals surface area contributed by atoms with E-state index in [9.17, 15) is 4.79 Å². The van der Waals surface area contributed by atoms with Gasteiger partial charge >= 0.3 is 0 Å². The first kappa shape index (κ1) is 20.9. The minimum Gasteiger partial charge on any atom is -0.497 e. The Morgan fingerprint density at radius 1 is 0.897 bits per heavy atom. The third-order valence-corrected chi connectivity index (χ3v) is 5.24. The van der Waals surface area contributed by atoms with Crippen LogP contribution in [0.3, 0.4) is 0 Å². The van der Waals surface area contributed by atoms with Crippen molar-refractivity contribution < 1.29 is 9.53 Å². The molecule has 1 unspecified atom stereocenters. The second-order valence-electron chi connectivity index (χ2n) is 7.38. The number of ether oxygens (including phenoxy) is 1. The van der Waals surface area contributed by atoms with Gasteiger partial charge in [-0.2, -0.15) is 0 Å². The molecule has 1 N–H and O–H groups in total. The average Bonchev–Trinajstić information content (AvgIpc) is 2.75. The molecule has 1 atom stereocenters. The van der Waals surface area contributed by atoms with Crippen LogP contribution in [0.2, 0.25) is 5.02 Å². The van der Waals surface area contributed by atoms with E-state index in [0.717, 1.165) is 17.0 Å². The SMILES string of the molecule is COc1ccc(C(=O)CC(Nc2ccc(Cl)cc2)c2ccc(C(C)C)cc2)cc1. The zero-order valence-electron chi connectivity index (χ0n) is 17.0. The fraction of sp³-hybridized carbons (Fsp3) is 0.240. The van der Waals surface area contributed by atoms with Gasteiger partial charge < -0.3 is 10.1 Å².